The molecule has 0 amide bonds. The van der Waals surface area contributed by atoms with E-state index < -0.39 is 5.79 Å². The highest BCUT2D eigenvalue weighted by Gasteiger charge is 2.38. The first-order valence-corrected chi connectivity index (χ1v) is 8.68. The fourth-order valence-corrected chi connectivity index (χ4v) is 3.60. The van der Waals surface area contributed by atoms with E-state index in [1.54, 1.807) is 12.1 Å². The summed E-state index contributed by atoms with van der Waals surface area (Å²) in [6.07, 6.45) is 4.21. The van der Waals surface area contributed by atoms with Crippen LogP contribution in [0.25, 0.3) is 0 Å². The Bertz CT molecular complexity index is 480. The number of nitrogens with zero attached hydrogens (tertiary/aromatic N) is 1. The zero-order chi connectivity index (χ0) is 16.1. The maximum atomic E-state index is 13.2. The van der Waals surface area contributed by atoms with Gasteiger partial charge >= 0.3 is 0 Å². The summed E-state index contributed by atoms with van der Waals surface area (Å²) in [5.41, 5.74) is 6.66. The Kier molecular flexibility index (Phi) is 5.64. The molecule has 0 bridgehead atoms. The Morgan fingerprint density at radius 1 is 1.13 bits per heavy atom. The number of benzene rings is 1. The van der Waals surface area contributed by atoms with Gasteiger partial charge in [-0.2, -0.15) is 0 Å². The average molecular weight is 322 g/mol. The van der Waals surface area contributed by atoms with E-state index in [0.29, 0.717) is 19.1 Å². The molecule has 2 aliphatic heterocycles. The van der Waals surface area contributed by atoms with Gasteiger partial charge in [0.2, 0.25) is 0 Å². The van der Waals surface area contributed by atoms with E-state index in [9.17, 15) is 4.39 Å². The minimum atomic E-state index is -0.691. The van der Waals surface area contributed by atoms with Crippen LogP contribution in [0, 0.1) is 11.7 Å². The number of piperidine rings is 1. The van der Waals surface area contributed by atoms with E-state index in [2.05, 4.69) is 4.90 Å². The number of ether oxygens (including phenoxy) is 2. The van der Waals surface area contributed by atoms with Crippen LogP contribution in [0.15, 0.2) is 24.3 Å². The molecule has 0 spiro atoms. The van der Waals surface area contributed by atoms with Crippen LogP contribution in [-0.4, -0.2) is 44.3 Å². The second-order valence-corrected chi connectivity index (χ2v) is 6.58. The molecule has 1 aromatic carbocycles. The van der Waals surface area contributed by atoms with Crippen molar-refractivity contribution in [3.63, 3.8) is 0 Å². The number of hydrogen-bond acceptors (Lipinski definition) is 4. The zero-order valence-corrected chi connectivity index (χ0v) is 13.7. The van der Waals surface area contributed by atoms with Crippen LogP contribution in [0.2, 0.25) is 0 Å². The molecule has 2 saturated heterocycles. The SMILES string of the molecule is NCC1CCN(CCCC2(c3ccc(F)cc3)OCCO2)CC1. The van der Waals surface area contributed by atoms with E-state index in [4.69, 9.17) is 15.2 Å². The summed E-state index contributed by atoms with van der Waals surface area (Å²) in [5.74, 6) is -0.230. The van der Waals surface area contributed by atoms with Crippen LogP contribution < -0.4 is 5.73 Å². The lowest BCUT2D eigenvalue weighted by Gasteiger charge is -2.33. The minimum Gasteiger partial charge on any atom is -0.343 e. The van der Waals surface area contributed by atoms with E-state index >= 15 is 0 Å². The summed E-state index contributed by atoms with van der Waals surface area (Å²) in [6, 6.07) is 6.49. The molecule has 0 atom stereocenters. The maximum absolute atomic E-state index is 13.2. The van der Waals surface area contributed by atoms with Crippen LogP contribution in [0.1, 0.15) is 31.2 Å². The van der Waals surface area contributed by atoms with Gasteiger partial charge in [-0.15, -0.1) is 0 Å². The fraction of sp³-hybridized carbons (Fsp3) is 0.667. The molecule has 0 aromatic heterocycles. The summed E-state index contributed by atoms with van der Waals surface area (Å²) in [5, 5.41) is 0. The van der Waals surface area contributed by atoms with Gasteiger partial charge < -0.3 is 20.1 Å². The molecular formula is C18H27FN2O2. The Labute approximate surface area is 137 Å². The first-order chi connectivity index (χ1) is 11.2. The molecule has 3 rings (SSSR count). The van der Waals surface area contributed by atoms with Crippen molar-refractivity contribution in [1.29, 1.82) is 0 Å². The van der Waals surface area contributed by atoms with Crippen molar-refractivity contribution in [2.75, 3.05) is 39.4 Å². The van der Waals surface area contributed by atoms with Crippen molar-refractivity contribution >= 4 is 0 Å². The predicted molar refractivity (Wildman–Crippen MR) is 87.4 cm³/mol. The van der Waals surface area contributed by atoms with Gasteiger partial charge in [0.25, 0.3) is 0 Å². The topological polar surface area (TPSA) is 47.7 Å². The quantitative estimate of drug-likeness (QED) is 0.874. The fourth-order valence-electron chi connectivity index (χ4n) is 3.60. The summed E-state index contributed by atoms with van der Waals surface area (Å²) in [4.78, 5) is 2.50. The summed E-state index contributed by atoms with van der Waals surface area (Å²) >= 11 is 0. The number of nitrogens with two attached hydrogens (primary N) is 1. The number of hydrogen-bond donors (Lipinski definition) is 1. The summed E-state index contributed by atoms with van der Waals surface area (Å²) in [7, 11) is 0. The first-order valence-electron chi connectivity index (χ1n) is 8.68. The molecule has 2 N–H and O–H groups in total. The van der Waals surface area contributed by atoms with Crippen molar-refractivity contribution in [1.82, 2.24) is 4.90 Å². The van der Waals surface area contributed by atoms with Crippen molar-refractivity contribution in [2.24, 2.45) is 11.7 Å². The molecule has 2 heterocycles. The third-order valence-electron chi connectivity index (χ3n) is 5.06. The third kappa shape index (κ3) is 4.10. The molecule has 0 aliphatic carbocycles. The monoisotopic (exact) mass is 322 g/mol. The van der Waals surface area contributed by atoms with Gasteiger partial charge in [0.1, 0.15) is 5.82 Å². The molecule has 0 radical (unpaired) electrons. The number of halogens is 1. The van der Waals surface area contributed by atoms with Crippen molar-refractivity contribution in [2.45, 2.75) is 31.5 Å². The van der Waals surface area contributed by atoms with Crippen LogP contribution in [-0.2, 0) is 15.3 Å². The summed E-state index contributed by atoms with van der Waals surface area (Å²) < 4.78 is 25.0. The third-order valence-corrected chi connectivity index (χ3v) is 5.06. The van der Waals surface area contributed by atoms with E-state index in [1.807, 2.05) is 0 Å². The largest absolute Gasteiger partial charge is 0.343 e. The van der Waals surface area contributed by atoms with E-state index in [-0.39, 0.29) is 5.82 Å². The minimum absolute atomic E-state index is 0.232. The second kappa shape index (κ2) is 7.71. The van der Waals surface area contributed by atoms with Gasteiger partial charge in [-0.3, -0.25) is 0 Å². The zero-order valence-electron chi connectivity index (χ0n) is 13.7. The molecule has 2 aliphatic rings. The lowest BCUT2D eigenvalue weighted by atomic mass is 9.96. The van der Waals surface area contributed by atoms with Crippen molar-refractivity contribution in [3.05, 3.63) is 35.6 Å². The normalized spacial score (nSPS) is 22.5. The molecule has 23 heavy (non-hydrogen) atoms. The highest BCUT2D eigenvalue weighted by molar-refractivity contribution is 5.22. The second-order valence-electron chi connectivity index (χ2n) is 6.58. The average Bonchev–Trinajstić information content (AvgIpc) is 3.06. The lowest BCUT2D eigenvalue weighted by Crippen LogP contribution is -2.37. The van der Waals surface area contributed by atoms with Crippen LogP contribution >= 0.6 is 0 Å². The van der Waals surface area contributed by atoms with Crippen molar-refractivity contribution < 1.29 is 13.9 Å². The molecule has 0 unspecified atom stereocenters. The summed E-state index contributed by atoms with van der Waals surface area (Å²) in [6.45, 7) is 5.31. The Morgan fingerprint density at radius 3 is 2.39 bits per heavy atom. The lowest BCUT2D eigenvalue weighted by molar-refractivity contribution is -0.172. The highest BCUT2D eigenvalue weighted by atomic mass is 19.1. The van der Waals surface area contributed by atoms with E-state index in [0.717, 1.165) is 44.6 Å². The first kappa shape index (κ1) is 16.8. The molecule has 0 saturated carbocycles. The predicted octanol–water partition coefficient (Wildman–Crippen LogP) is 2.48. The smallest absolute Gasteiger partial charge is 0.195 e. The van der Waals surface area contributed by atoms with Gasteiger partial charge in [-0.05, 0) is 63.5 Å². The maximum Gasteiger partial charge on any atom is 0.195 e. The number of likely N-dealkylation sites (tertiary alicyclic amines) is 1. The van der Waals surface area contributed by atoms with Crippen LogP contribution in [0.3, 0.4) is 0 Å². The Hall–Kier alpha value is -1.01. The number of rotatable bonds is 6. The highest BCUT2D eigenvalue weighted by Crippen LogP contribution is 2.36. The molecule has 1 aromatic rings. The Balaban J connectivity index is 1.53. The molecule has 5 heteroatoms. The van der Waals surface area contributed by atoms with Gasteiger partial charge in [0.15, 0.2) is 5.79 Å². The van der Waals surface area contributed by atoms with Gasteiger partial charge in [0.05, 0.1) is 13.2 Å². The molecule has 4 nitrogen and oxygen atoms in total. The van der Waals surface area contributed by atoms with Crippen molar-refractivity contribution in [3.8, 4) is 0 Å². The van der Waals surface area contributed by atoms with Crippen LogP contribution in [0.4, 0.5) is 4.39 Å². The van der Waals surface area contributed by atoms with E-state index in [1.165, 1.54) is 25.0 Å². The molecule has 2 fully saturated rings. The van der Waals surface area contributed by atoms with Gasteiger partial charge in [0, 0.05) is 12.0 Å². The van der Waals surface area contributed by atoms with Gasteiger partial charge in [-0.1, -0.05) is 12.1 Å². The molecule has 128 valence electrons. The van der Waals surface area contributed by atoms with Crippen LogP contribution in [0.5, 0.6) is 0 Å². The van der Waals surface area contributed by atoms with Gasteiger partial charge in [-0.25, -0.2) is 4.39 Å². The standard InChI is InChI=1S/C18H27FN2O2/c19-17-4-2-16(3-5-17)18(22-12-13-23-18)8-1-9-21-10-6-15(14-20)7-11-21/h2-5,15H,1,6-14,20H2. The Morgan fingerprint density at radius 2 is 1.78 bits per heavy atom. The molecular weight excluding hydrogens is 295 g/mol.